The number of carbonyl (C=O) groups is 2. The minimum atomic E-state index is -0.730. The summed E-state index contributed by atoms with van der Waals surface area (Å²) < 4.78 is 5.88. The Hall–Kier alpha value is -3.31. The van der Waals surface area contributed by atoms with E-state index in [0.29, 0.717) is 17.2 Å². The van der Waals surface area contributed by atoms with E-state index in [1.54, 1.807) is 11.0 Å². The molecule has 1 atom stereocenters. The van der Waals surface area contributed by atoms with Gasteiger partial charge in [0.1, 0.15) is 11.8 Å². The van der Waals surface area contributed by atoms with Crippen molar-refractivity contribution in [3.8, 4) is 5.75 Å². The minimum Gasteiger partial charge on any atom is -0.484 e. The molecule has 0 aliphatic heterocycles. The quantitative estimate of drug-likeness (QED) is 0.406. The lowest BCUT2D eigenvalue weighted by molar-refractivity contribution is -0.143. The van der Waals surface area contributed by atoms with Crippen LogP contribution in [-0.4, -0.2) is 35.4 Å². The van der Waals surface area contributed by atoms with Crippen LogP contribution in [0, 0.1) is 13.8 Å². The molecule has 0 unspecified atom stereocenters. The summed E-state index contributed by atoms with van der Waals surface area (Å²) in [4.78, 5) is 28.5. The average molecular weight is 493 g/mol. The summed E-state index contributed by atoms with van der Waals surface area (Å²) in [6.45, 7) is 7.78. The maximum atomic E-state index is 13.6. The van der Waals surface area contributed by atoms with Crippen LogP contribution >= 0.6 is 11.6 Å². The van der Waals surface area contributed by atoms with E-state index in [9.17, 15) is 9.59 Å². The summed E-state index contributed by atoms with van der Waals surface area (Å²) in [6.07, 6.45) is 0.374. The number of nitrogens with zero attached hydrogens (tertiary/aromatic N) is 1. The van der Waals surface area contributed by atoms with E-state index in [2.05, 4.69) is 5.32 Å². The molecule has 0 aliphatic carbocycles. The molecule has 3 rings (SSSR count). The summed E-state index contributed by atoms with van der Waals surface area (Å²) in [6, 6.07) is 22.1. The molecule has 0 saturated carbocycles. The maximum absolute atomic E-state index is 13.6. The van der Waals surface area contributed by atoms with E-state index >= 15 is 0 Å². The molecule has 0 bridgehead atoms. The van der Waals surface area contributed by atoms with Gasteiger partial charge in [-0.3, -0.25) is 9.59 Å². The Labute approximate surface area is 213 Å². The first-order valence-electron chi connectivity index (χ1n) is 11.8. The number of rotatable bonds is 10. The molecule has 0 aromatic heterocycles. The average Bonchev–Trinajstić information content (AvgIpc) is 2.80. The molecular formula is C29H33ClN2O3. The second-order valence-electron chi connectivity index (χ2n) is 9.09. The second kappa shape index (κ2) is 12.4. The topological polar surface area (TPSA) is 58.6 Å². The zero-order chi connectivity index (χ0) is 25.4. The van der Waals surface area contributed by atoms with Crippen molar-refractivity contribution in [1.82, 2.24) is 10.2 Å². The fourth-order valence-electron chi connectivity index (χ4n) is 3.99. The zero-order valence-corrected chi connectivity index (χ0v) is 21.5. The Kier molecular flexibility index (Phi) is 9.32. The highest BCUT2D eigenvalue weighted by Gasteiger charge is 2.31. The summed E-state index contributed by atoms with van der Waals surface area (Å²) >= 11 is 6.44. The monoisotopic (exact) mass is 492 g/mol. The number of aryl methyl sites for hydroxylation is 2. The third kappa shape index (κ3) is 7.86. The van der Waals surface area contributed by atoms with E-state index in [4.69, 9.17) is 16.3 Å². The van der Waals surface area contributed by atoms with Crippen LogP contribution in [0.2, 0.25) is 5.02 Å². The zero-order valence-electron chi connectivity index (χ0n) is 20.8. The van der Waals surface area contributed by atoms with Gasteiger partial charge in [-0.05, 0) is 68.1 Å². The lowest BCUT2D eigenvalue weighted by atomic mass is 10.0. The van der Waals surface area contributed by atoms with Gasteiger partial charge in [-0.1, -0.05) is 66.2 Å². The molecule has 0 saturated heterocycles. The van der Waals surface area contributed by atoms with Gasteiger partial charge in [0, 0.05) is 24.0 Å². The third-order valence-electron chi connectivity index (χ3n) is 5.56. The summed E-state index contributed by atoms with van der Waals surface area (Å²) in [7, 11) is 0. The number of amides is 2. The van der Waals surface area contributed by atoms with Crippen LogP contribution in [0.4, 0.5) is 0 Å². The van der Waals surface area contributed by atoms with E-state index in [1.165, 1.54) is 0 Å². The number of ether oxygens (including phenoxy) is 1. The van der Waals surface area contributed by atoms with Gasteiger partial charge in [-0.15, -0.1) is 0 Å². The maximum Gasteiger partial charge on any atom is 0.261 e. The number of hydrogen-bond donors (Lipinski definition) is 1. The van der Waals surface area contributed by atoms with E-state index in [0.717, 1.165) is 22.3 Å². The predicted molar refractivity (Wildman–Crippen MR) is 141 cm³/mol. The van der Waals surface area contributed by atoms with Crippen molar-refractivity contribution in [3.63, 3.8) is 0 Å². The molecule has 0 spiro atoms. The van der Waals surface area contributed by atoms with Crippen molar-refractivity contribution >= 4 is 23.4 Å². The van der Waals surface area contributed by atoms with Crippen LogP contribution in [0.5, 0.6) is 5.75 Å². The van der Waals surface area contributed by atoms with Crippen molar-refractivity contribution in [2.24, 2.45) is 0 Å². The third-order valence-corrected chi connectivity index (χ3v) is 5.93. The molecule has 0 radical (unpaired) electrons. The highest BCUT2D eigenvalue weighted by Crippen LogP contribution is 2.21. The molecule has 0 fully saturated rings. The fourth-order valence-corrected chi connectivity index (χ4v) is 4.18. The van der Waals surface area contributed by atoms with Gasteiger partial charge in [0.25, 0.3) is 5.91 Å². The Morgan fingerprint density at radius 2 is 1.57 bits per heavy atom. The van der Waals surface area contributed by atoms with Crippen molar-refractivity contribution in [2.45, 2.75) is 52.7 Å². The largest absolute Gasteiger partial charge is 0.484 e. The first-order valence-corrected chi connectivity index (χ1v) is 12.2. The Bertz CT molecular complexity index is 1130. The normalized spacial score (nSPS) is 11.7. The Morgan fingerprint density at radius 3 is 2.20 bits per heavy atom. The van der Waals surface area contributed by atoms with Gasteiger partial charge in [-0.2, -0.15) is 0 Å². The van der Waals surface area contributed by atoms with Crippen LogP contribution in [0.15, 0.2) is 72.8 Å². The first-order chi connectivity index (χ1) is 16.7. The summed E-state index contributed by atoms with van der Waals surface area (Å²) in [5.74, 6) is 0.124. The summed E-state index contributed by atoms with van der Waals surface area (Å²) in [5.41, 5.74) is 3.84. The smallest absolute Gasteiger partial charge is 0.261 e. The van der Waals surface area contributed by atoms with Gasteiger partial charge in [0.05, 0.1) is 0 Å². The van der Waals surface area contributed by atoms with Gasteiger partial charge in [0.15, 0.2) is 6.61 Å². The molecule has 3 aromatic rings. The van der Waals surface area contributed by atoms with Gasteiger partial charge < -0.3 is 15.0 Å². The Morgan fingerprint density at radius 1 is 0.943 bits per heavy atom. The van der Waals surface area contributed by atoms with E-state index < -0.39 is 6.04 Å². The number of hydrogen-bond acceptors (Lipinski definition) is 3. The van der Waals surface area contributed by atoms with Crippen LogP contribution in [-0.2, 0) is 22.6 Å². The lowest BCUT2D eigenvalue weighted by Gasteiger charge is -2.32. The molecule has 0 heterocycles. The second-order valence-corrected chi connectivity index (χ2v) is 9.50. The molecule has 3 aromatic carbocycles. The van der Waals surface area contributed by atoms with Crippen molar-refractivity contribution in [3.05, 3.63) is 100 Å². The van der Waals surface area contributed by atoms with Crippen LogP contribution < -0.4 is 10.1 Å². The van der Waals surface area contributed by atoms with Crippen LogP contribution in [0.25, 0.3) is 0 Å². The van der Waals surface area contributed by atoms with E-state index in [1.807, 2.05) is 94.4 Å². The van der Waals surface area contributed by atoms with Crippen molar-refractivity contribution in [2.75, 3.05) is 6.61 Å². The van der Waals surface area contributed by atoms with Crippen molar-refractivity contribution < 1.29 is 14.3 Å². The van der Waals surface area contributed by atoms with Gasteiger partial charge in [-0.25, -0.2) is 0 Å². The first kappa shape index (κ1) is 26.3. The van der Waals surface area contributed by atoms with Crippen molar-refractivity contribution in [1.29, 1.82) is 0 Å². The molecule has 1 N–H and O–H groups in total. The molecule has 2 amide bonds. The SMILES string of the molecule is Cc1cc(C)cc(OCC(=O)N(Cc2ccccc2Cl)[C@@H](Cc2ccccc2)C(=O)NC(C)C)c1. The van der Waals surface area contributed by atoms with Crippen LogP contribution in [0.1, 0.15) is 36.1 Å². The Balaban J connectivity index is 1.93. The van der Waals surface area contributed by atoms with Gasteiger partial charge >= 0.3 is 0 Å². The predicted octanol–water partition coefficient (Wildman–Crippen LogP) is 5.50. The highest BCUT2D eigenvalue weighted by atomic mass is 35.5. The standard InChI is InChI=1S/C29H33ClN2O3/c1-20(2)31-29(34)27(17-23-10-6-5-7-11-23)32(18-24-12-8-9-13-26(24)30)28(33)19-35-25-15-21(3)14-22(4)16-25/h5-16,20,27H,17-19H2,1-4H3,(H,31,34)/t27-/m0/s1. The van der Waals surface area contributed by atoms with E-state index in [-0.39, 0.29) is 31.0 Å². The van der Waals surface area contributed by atoms with Gasteiger partial charge in [0.2, 0.25) is 5.91 Å². The highest BCUT2D eigenvalue weighted by molar-refractivity contribution is 6.31. The lowest BCUT2D eigenvalue weighted by Crippen LogP contribution is -2.52. The number of carbonyl (C=O) groups excluding carboxylic acids is 2. The molecule has 35 heavy (non-hydrogen) atoms. The molecule has 0 aliphatic rings. The summed E-state index contributed by atoms with van der Waals surface area (Å²) in [5, 5.41) is 3.53. The van der Waals surface area contributed by atoms with Crippen LogP contribution in [0.3, 0.4) is 0 Å². The molecule has 5 nitrogen and oxygen atoms in total. The minimum absolute atomic E-state index is 0.0652. The molecular weight excluding hydrogens is 460 g/mol. The fraction of sp³-hybridized carbons (Fsp3) is 0.310. The number of nitrogens with one attached hydrogen (secondary N) is 1. The molecule has 6 heteroatoms. The number of halogens is 1. The molecule has 184 valence electrons. The number of benzene rings is 3.